The molecule has 0 radical (unpaired) electrons. The maximum atomic E-state index is 6.08. The first-order chi connectivity index (χ1) is 10.8. The van der Waals surface area contributed by atoms with Gasteiger partial charge >= 0.3 is 0 Å². The molecule has 4 rings (SSSR count). The normalized spacial score (nSPS) is 11.1. The highest BCUT2D eigenvalue weighted by Gasteiger charge is 2.12. The molecule has 0 saturated carbocycles. The van der Waals surface area contributed by atoms with E-state index in [1.807, 2.05) is 24.3 Å². The molecule has 0 amide bonds. The summed E-state index contributed by atoms with van der Waals surface area (Å²) in [5.41, 5.74) is 1.18. The van der Waals surface area contributed by atoms with Crippen LogP contribution >= 0.6 is 27.3 Å². The molecule has 3 aromatic carbocycles. The highest BCUT2D eigenvalue weighted by Crippen LogP contribution is 2.43. The zero-order chi connectivity index (χ0) is 14.9. The van der Waals surface area contributed by atoms with E-state index in [-0.39, 0.29) is 0 Å². The first-order valence-electron chi connectivity index (χ1n) is 7.09. The van der Waals surface area contributed by atoms with Crippen LogP contribution in [0.15, 0.2) is 71.2 Å². The van der Waals surface area contributed by atoms with Gasteiger partial charge in [-0.15, -0.1) is 11.3 Å². The van der Waals surface area contributed by atoms with E-state index in [1.165, 1.54) is 25.7 Å². The number of rotatable bonds is 3. The first kappa shape index (κ1) is 13.8. The lowest BCUT2D eigenvalue weighted by Gasteiger charge is -2.08. The number of hydrogen-bond donors (Lipinski definition) is 0. The van der Waals surface area contributed by atoms with Crippen molar-refractivity contribution in [3.63, 3.8) is 0 Å². The molecular formula is C19H13BrOS. The minimum Gasteiger partial charge on any atom is -0.487 e. The monoisotopic (exact) mass is 368 g/mol. The van der Waals surface area contributed by atoms with E-state index >= 15 is 0 Å². The average molecular weight is 369 g/mol. The van der Waals surface area contributed by atoms with Gasteiger partial charge in [-0.25, -0.2) is 0 Å². The maximum Gasteiger partial charge on any atom is 0.137 e. The number of benzene rings is 3. The Morgan fingerprint density at radius 2 is 1.64 bits per heavy atom. The van der Waals surface area contributed by atoms with Gasteiger partial charge in [0.15, 0.2) is 0 Å². The van der Waals surface area contributed by atoms with Gasteiger partial charge in [0, 0.05) is 19.9 Å². The predicted octanol–water partition coefficient (Wildman–Crippen LogP) is 6.40. The van der Waals surface area contributed by atoms with E-state index in [0.717, 1.165) is 10.2 Å². The molecule has 0 aliphatic rings. The fraction of sp³-hybridized carbons (Fsp3) is 0.0526. The summed E-state index contributed by atoms with van der Waals surface area (Å²) in [5, 5.41) is 2.52. The molecule has 0 fully saturated rings. The van der Waals surface area contributed by atoms with E-state index in [4.69, 9.17) is 4.74 Å². The van der Waals surface area contributed by atoms with Crippen molar-refractivity contribution in [1.82, 2.24) is 0 Å². The number of hydrogen-bond acceptors (Lipinski definition) is 2. The smallest absolute Gasteiger partial charge is 0.137 e. The molecule has 108 valence electrons. The lowest BCUT2D eigenvalue weighted by molar-refractivity contribution is 0.310. The average Bonchev–Trinajstić information content (AvgIpc) is 2.96. The highest BCUT2D eigenvalue weighted by atomic mass is 79.9. The van der Waals surface area contributed by atoms with Crippen molar-refractivity contribution in [3.8, 4) is 5.75 Å². The van der Waals surface area contributed by atoms with Crippen molar-refractivity contribution in [2.45, 2.75) is 6.61 Å². The molecule has 0 N–H and O–H groups in total. The van der Waals surface area contributed by atoms with Crippen LogP contribution in [-0.4, -0.2) is 0 Å². The van der Waals surface area contributed by atoms with Gasteiger partial charge in [0.05, 0.1) is 4.70 Å². The molecule has 0 aliphatic carbocycles. The minimum atomic E-state index is 0.589. The zero-order valence-corrected chi connectivity index (χ0v) is 14.2. The fourth-order valence-corrected chi connectivity index (χ4v) is 4.48. The molecule has 1 nitrogen and oxygen atoms in total. The van der Waals surface area contributed by atoms with Crippen LogP contribution in [0.5, 0.6) is 5.75 Å². The molecule has 22 heavy (non-hydrogen) atoms. The van der Waals surface area contributed by atoms with Gasteiger partial charge in [-0.3, -0.25) is 0 Å². The largest absolute Gasteiger partial charge is 0.487 e. The molecular weight excluding hydrogens is 356 g/mol. The first-order valence-corrected chi connectivity index (χ1v) is 8.70. The van der Waals surface area contributed by atoms with Gasteiger partial charge in [0.1, 0.15) is 12.4 Å². The van der Waals surface area contributed by atoms with Crippen molar-refractivity contribution in [2.75, 3.05) is 0 Å². The van der Waals surface area contributed by atoms with Crippen LogP contribution in [0.4, 0.5) is 0 Å². The Bertz CT molecular complexity index is 944. The summed E-state index contributed by atoms with van der Waals surface area (Å²) in [6.45, 7) is 0.589. The summed E-state index contributed by atoms with van der Waals surface area (Å²) in [4.78, 5) is 0. The van der Waals surface area contributed by atoms with Gasteiger partial charge in [-0.2, -0.15) is 0 Å². The summed E-state index contributed by atoms with van der Waals surface area (Å²) in [6.07, 6.45) is 0. The van der Waals surface area contributed by atoms with Crippen LogP contribution in [0.1, 0.15) is 5.56 Å². The lowest BCUT2D eigenvalue weighted by atomic mass is 10.1. The Morgan fingerprint density at radius 1 is 0.864 bits per heavy atom. The van der Waals surface area contributed by atoms with Gasteiger partial charge in [0.2, 0.25) is 0 Å². The van der Waals surface area contributed by atoms with Crippen molar-refractivity contribution < 1.29 is 4.74 Å². The Kier molecular flexibility index (Phi) is 3.60. The van der Waals surface area contributed by atoms with E-state index in [0.29, 0.717) is 6.61 Å². The number of ether oxygens (including phenoxy) is 1. The molecule has 3 heteroatoms. The van der Waals surface area contributed by atoms with Crippen LogP contribution in [0.3, 0.4) is 0 Å². The van der Waals surface area contributed by atoms with Crippen LogP contribution in [0, 0.1) is 0 Å². The Hall–Kier alpha value is -1.84. The second-order valence-corrected chi connectivity index (χ2v) is 7.03. The summed E-state index contributed by atoms with van der Waals surface area (Å²) < 4.78 is 9.68. The highest BCUT2D eigenvalue weighted by molar-refractivity contribution is 9.10. The lowest BCUT2D eigenvalue weighted by Crippen LogP contribution is -1.94. The number of halogens is 1. The van der Waals surface area contributed by atoms with Crippen molar-refractivity contribution in [2.24, 2.45) is 0 Å². The van der Waals surface area contributed by atoms with Crippen LogP contribution in [-0.2, 0) is 6.61 Å². The number of thiophene rings is 1. The molecule has 0 atom stereocenters. The van der Waals surface area contributed by atoms with E-state index < -0.39 is 0 Å². The molecule has 4 aromatic rings. The maximum absolute atomic E-state index is 6.08. The number of fused-ring (bicyclic) bond motifs is 3. The molecule has 0 saturated heterocycles. The van der Waals surface area contributed by atoms with Crippen molar-refractivity contribution in [1.29, 1.82) is 0 Å². The molecule has 0 spiro atoms. The second kappa shape index (κ2) is 5.75. The Balaban J connectivity index is 1.80. The summed E-state index contributed by atoms with van der Waals surface area (Å²) in [6, 6.07) is 22.9. The third-order valence-corrected chi connectivity index (χ3v) is 5.52. The van der Waals surface area contributed by atoms with Gasteiger partial charge in [0.25, 0.3) is 0 Å². The second-order valence-electron chi connectivity index (χ2n) is 5.12. The molecule has 1 heterocycles. The fourth-order valence-electron chi connectivity index (χ4n) is 2.61. The van der Waals surface area contributed by atoms with Gasteiger partial charge in [-0.05, 0) is 23.8 Å². The molecule has 0 aliphatic heterocycles. The Labute approximate surface area is 141 Å². The van der Waals surface area contributed by atoms with Crippen molar-refractivity contribution in [3.05, 3.63) is 76.8 Å². The molecule has 1 aromatic heterocycles. The third-order valence-electron chi connectivity index (χ3n) is 3.68. The van der Waals surface area contributed by atoms with Crippen LogP contribution < -0.4 is 4.74 Å². The van der Waals surface area contributed by atoms with Crippen molar-refractivity contribution >= 4 is 47.4 Å². The summed E-state index contributed by atoms with van der Waals surface area (Å²) >= 11 is 5.46. The third kappa shape index (κ3) is 2.40. The SMILES string of the molecule is Brc1ccc(OCc2ccccc2)c2sc3ccccc3c12. The van der Waals surface area contributed by atoms with E-state index in [1.54, 1.807) is 11.3 Å². The van der Waals surface area contributed by atoms with E-state index in [2.05, 4.69) is 58.4 Å². The topological polar surface area (TPSA) is 9.23 Å². The van der Waals surface area contributed by atoms with E-state index in [9.17, 15) is 0 Å². The van der Waals surface area contributed by atoms with Crippen LogP contribution in [0.25, 0.3) is 20.2 Å². The van der Waals surface area contributed by atoms with Gasteiger partial charge < -0.3 is 4.74 Å². The summed E-state index contributed by atoms with van der Waals surface area (Å²) in [5.74, 6) is 0.947. The Morgan fingerprint density at radius 3 is 2.50 bits per heavy atom. The van der Waals surface area contributed by atoms with Crippen LogP contribution in [0.2, 0.25) is 0 Å². The summed E-state index contributed by atoms with van der Waals surface area (Å²) in [7, 11) is 0. The quantitative estimate of drug-likeness (QED) is 0.406. The van der Waals surface area contributed by atoms with Gasteiger partial charge in [-0.1, -0.05) is 64.5 Å². The predicted molar refractivity (Wildman–Crippen MR) is 97.8 cm³/mol. The zero-order valence-electron chi connectivity index (χ0n) is 11.8. The minimum absolute atomic E-state index is 0.589. The molecule has 0 bridgehead atoms. The molecule has 0 unspecified atom stereocenters. The standard InChI is InChI=1S/C19H13BrOS/c20-15-10-11-16(21-12-13-6-2-1-3-7-13)19-18(15)14-8-4-5-9-17(14)22-19/h1-11H,12H2.